The second-order valence-electron chi connectivity index (χ2n) is 3.76. The molecule has 1 aromatic carbocycles. The molecule has 2 aromatic rings. The lowest BCUT2D eigenvalue weighted by molar-refractivity contribution is 0.596. The summed E-state index contributed by atoms with van der Waals surface area (Å²) in [7, 11) is 1.62. The minimum Gasteiger partial charge on any atom is -0.326 e. The smallest absolute Gasteiger partial charge is 0.326 e. The van der Waals surface area contributed by atoms with Gasteiger partial charge in [0.15, 0.2) is 5.16 Å². The van der Waals surface area contributed by atoms with Crippen LogP contribution in [0, 0.1) is 0 Å². The van der Waals surface area contributed by atoms with E-state index in [4.69, 9.17) is 5.73 Å². The van der Waals surface area contributed by atoms with Crippen molar-refractivity contribution < 1.29 is 0 Å². The molecule has 1 heterocycles. The number of rotatable bonds is 3. The van der Waals surface area contributed by atoms with Crippen LogP contribution < -0.4 is 16.9 Å². The minimum atomic E-state index is -0.799. The summed E-state index contributed by atoms with van der Waals surface area (Å²) < 4.78 is 2.34. The van der Waals surface area contributed by atoms with Gasteiger partial charge in [0, 0.05) is 23.0 Å². The fourth-order valence-electron chi connectivity index (χ4n) is 1.46. The van der Waals surface area contributed by atoms with Gasteiger partial charge in [-0.25, -0.2) is 0 Å². The average molecular weight is 343 g/mol. The van der Waals surface area contributed by atoms with Crippen LogP contribution in [-0.4, -0.2) is 14.8 Å². The first-order valence-electron chi connectivity index (χ1n) is 5.35. The van der Waals surface area contributed by atoms with Gasteiger partial charge in [-0.15, -0.1) is 0 Å². The molecule has 0 aliphatic carbocycles. The standard InChI is InChI=1S/C11H11BrN4O2S/c1-16-11(14-9(17)10(18)15-16)19-8-3-2-7(12)4-6(8)5-13/h2-4H,5,13H2,1H3,(H,15,18). The zero-order valence-electron chi connectivity index (χ0n) is 10.0. The Balaban J connectivity index is 2.44. The summed E-state index contributed by atoms with van der Waals surface area (Å²) in [5.74, 6) is 0. The van der Waals surface area contributed by atoms with Crippen molar-refractivity contribution in [1.82, 2.24) is 14.8 Å². The van der Waals surface area contributed by atoms with Crippen LogP contribution in [0.2, 0.25) is 0 Å². The molecule has 1 aromatic heterocycles. The Hall–Kier alpha value is -1.38. The van der Waals surface area contributed by atoms with Crippen molar-refractivity contribution in [2.75, 3.05) is 0 Å². The van der Waals surface area contributed by atoms with Gasteiger partial charge in [-0.05, 0) is 35.5 Å². The van der Waals surface area contributed by atoms with Crippen molar-refractivity contribution in [2.45, 2.75) is 16.6 Å². The first-order chi connectivity index (χ1) is 9.01. The first kappa shape index (κ1) is 14.0. The van der Waals surface area contributed by atoms with E-state index in [0.29, 0.717) is 11.7 Å². The van der Waals surface area contributed by atoms with Gasteiger partial charge in [-0.2, -0.15) is 4.98 Å². The van der Waals surface area contributed by atoms with Gasteiger partial charge in [0.1, 0.15) is 0 Å². The largest absolute Gasteiger partial charge is 0.339 e. The van der Waals surface area contributed by atoms with Gasteiger partial charge in [0.05, 0.1) is 0 Å². The summed E-state index contributed by atoms with van der Waals surface area (Å²) in [6.45, 7) is 0.374. The fourth-order valence-corrected chi connectivity index (χ4v) is 2.78. The van der Waals surface area contributed by atoms with Gasteiger partial charge in [-0.1, -0.05) is 15.9 Å². The first-order valence-corrected chi connectivity index (χ1v) is 6.96. The molecule has 0 spiro atoms. The minimum absolute atomic E-state index is 0.374. The maximum Gasteiger partial charge on any atom is 0.339 e. The Morgan fingerprint density at radius 1 is 1.47 bits per heavy atom. The molecule has 2 rings (SSSR count). The van der Waals surface area contributed by atoms with Gasteiger partial charge in [0.2, 0.25) is 0 Å². The van der Waals surface area contributed by atoms with Crippen molar-refractivity contribution in [3.05, 3.63) is 48.9 Å². The number of hydrogen-bond acceptors (Lipinski definition) is 5. The topological polar surface area (TPSA) is 93.8 Å². The normalized spacial score (nSPS) is 10.7. The molecular weight excluding hydrogens is 332 g/mol. The maximum absolute atomic E-state index is 11.3. The molecule has 8 heteroatoms. The summed E-state index contributed by atoms with van der Waals surface area (Å²) >= 11 is 4.65. The number of benzene rings is 1. The monoisotopic (exact) mass is 342 g/mol. The number of hydrogen-bond donors (Lipinski definition) is 2. The second kappa shape index (κ2) is 5.72. The van der Waals surface area contributed by atoms with Crippen molar-refractivity contribution in [1.29, 1.82) is 0 Å². The summed E-state index contributed by atoms with van der Waals surface area (Å²) in [6, 6.07) is 5.67. The Bertz CT molecular complexity index is 725. The van der Waals surface area contributed by atoms with E-state index in [9.17, 15) is 9.59 Å². The molecule has 0 aliphatic rings. The van der Waals surface area contributed by atoms with Gasteiger partial charge in [0.25, 0.3) is 0 Å². The predicted molar refractivity (Wildman–Crippen MR) is 76.3 cm³/mol. The summed E-state index contributed by atoms with van der Waals surface area (Å²) in [5, 5.41) is 2.81. The Kier molecular flexibility index (Phi) is 4.23. The number of aryl methyl sites for hydroxylation is 1. The third-order valence-electron chi connectivity index (χ3n) is 2.39. The van der Waals surface area contributed by atoms with E-state index in [0.717, 1.165) is 14.9 Å². The lowest BCUT2D eigenvalue weighted by Gasteiger charge is -2.09. The zero-order valence-corrected chi connectivity index (χ0v) is 12.4. The Morgan fingerprint density at radius 3 is 2.89 bits per heavy atom. The SMILES string of the molecule is Cn1[nH]c(=O)c(=O)nc1Sc1ccc(Br)cc1CN. The summed E-state index contributed by atoms with van der Waals surface area (Å²) in [4.78, 5) is 27.0. The number of H-pyrrole nitrogens is 1. The molecule has 0 bridgehead atoms. The maximum atomic E-state index is 11.3. The van der Waals surface area contributed by atoms with Crippen LogP contribution in [0.5, 0.6) is 0 Å². The van der Waals surface area contributed by atoms with Crippen LogP contribution >= 0.6 is 27.7 Å². The van der Waals surface area contributed by atoms with Crippen LogP contribution in [-0.2, 0) is 13.6 Å². The lowest BCUT2D eigenvalue weighted by Crippen LogP contribution is -2.33. The molecule has 0 radical (unpaired) electrons. The highest BCUT2D eigenvalue weighted by atomic mass is 79.9. The van der Waals surface area contributed by atoms with E-state index >= 15 is 0 Å². The molecule has 100 valence electrons. The molecule has 0 saturated heterocycles. The van der Waals surface area contributed by atoms with E-state index in [1.54, 1.807) is 7.05 Å². The highest BCUT2D eigenvalue weighted by molar-refractivity contribution is 9.10. The number of aromatic amines is 1. The molecular formula is C11H11BrN4O2S. The van der Waals surface area contributed by atoms with Gasteiger partial charge < -0.3 is 5.73 Å². The van der Waals surface area contributed by atoms with E-state index in [-0.39, 0.29) is 0 Å². The van der Waals surface area contributed by atoms with E-state index in [1.807, 2.05) is 18.2 Å². The van der Waals surface area contributed by atoms with Gasteiger partial charge in [-0.3, -0.25) is 19.4 Å². The Labute approximate surface area is 121 Å². The van der Waals surface area contributed by atoms with Crippen molar-refractivity contribution in [3.8, 4) is 0 Å². The van der Waals surface area contributed by atoms with E-state index in [1.165, 1.54) is 16.4 Å². The summed E-state index contributed by atoms with van der Waals surface area (Å²) in [5.41, 5.74) is 5.08. The second-order valence-corrected chi connectivity index (χ2v) is 5.68. The number of nitrogens with zero attached hydrogens (tertiary/aromatic N) is 2. The third-order valence-corrected chi connectivity index (χ3v) is 4.05. The van der Waals surface area contributed by atoms with Gasteiger partial charge >= 0.3 is 11.1 Å². The highest BCUT2D eigenvalue weighted by Crippen LogP contribution is 2.29. The number of halogens is 1. The van der Waals surface area contributed by atoms with Crippen LogP contribution in [0.15, 0.2) is 42.3 Å². The molecule has 19 heavy (non-hydrogen) atoms. The van der Waals surface area contributed by atoms with Crippen LogP contribution in [0.25, 0.3) is 0 Å². The molecule has 0 fully saturated rings. The fraction of sp³-hybridized carbons (Fsp3) is 0.182. The lowest BCUT2D eigenvalue weighted by atomic mass is 10.2. The van der Waals surface area contributed by atoms with Crippen LogP contribution in [0.4, 0.5) is 0 Å². The average Bonchev–Trinajstić information content (AvgIpc) is 2.37. The molecule has 0 aliphatic heterocycles. The molecule has 6 nitrogen and oxygen atoms in total. The summed E-state index contributed by atoms with van der Waals surface area (Å²) in [6.07, 6.45) is 0. The molecule has 0 amide bonds. The van der Waals surface area contributed by atoms with Crippen molar-refractivity contribution in [2.24, 2.45) is 12.8 Å². The molecule has 0 atom stereocenters. The molecule has 0 unspecified atom stereocenters. The van der Waals surface area contributed by atoms with Crippen LogP contribution in [0.3, 0.4) is 0 Å². The van der Waals surface area contributed by atoms with Crippen LogP contribution in [0.1, 0.15) is 5.56 Å². The quantitative estimate of drug-likeness (QED) is 0.806. The molecule has 3 N–H and O–H groups in total. The number of aromatic nitrogens is 3. The van der Waals surface area contributed by atoms with Crippen molar-refractivity contribution in [3.63, 3.8) is 0 Å². The van der Waals surface area contributed by atoms with Crippen molar-refractivity contribution >= 4 is 27.7 Å². The van der Waals surface area contributed by atoms with E-state index < -0.39 is 11.1 Å². The zero-order chi connectivity index (χ0) is 14.0. The predicted octanol–water partition coefficient (Wildman–Crippen LogP) is 0.841. The number of nitrogens with two attached hydrogens (primary N) is 1. The molecule has 0 saturated carbocycles. The number of nitrogens with one attached hydrogen (secondary N) is 1. The highest BCUT2D eigenvalue weighted by Gasteiger charge is 2.09. The third kappa shape index (κ3) is 3.14. The Morgan fingerprint density at radius 2 is 2.21 bits per heavy atom. The van der Waals surface area contributed by atoms with E-state index in [2.05, 4.69) is 26.0 Å².